The molecular weight excluding hydrogens is 344 g/mol. The zero-order valence-corrected chi connectivity index (χ0v) is 14.6. The van der Waals surface area contributed by atoms with Gasteiger partial charge >= 0.3 is 0 Å². The van der Waals surface area contributed by atoms with Crippen LogP contribution in [-0.2, 0) is 0 Å². The minimum absolute atomic E-state index is 0.187. The minimum atomic E-state index is -0.187. The monoisotopic (exact) mass is 358 g/mol. The Balaban J connectivity index is 1.94. The molecule has 0 unspecified atom stereocenters. The summed E-state index contributed by atoms with van der Waals surface area (Å²) in [6.45, 7) is 0. The van der Waals surface area contributed by atoms with Crippen LogP contribution in [0, 0.1) is 0 Å². The first-order chi connectivity index (χ1) is 12.8. The fourth-order valence-corrected chi connectivity index (χ4v) is 3.27. The summed E-state index contributed by atoms with van der Waals surface area (Å²) in [5.74, 6) is 0.574. The largest absolute Gasteiger partial charge is 0.450 e. The van der Waals surface area contributed by atoms with Crippen molar-refractivity contribution < 1.29 is 9.21 Å². The molecule has 0 N–H and O–H groups in total. The molecule has 0 saturated carbocycles. The van der Waals surface area contributed by atoms with Crippen molar-refractivity contribution in [3.8, 4) is 22.5 Å². The van der Waals surface area contributed by atoms with E-state index < -0.39 is 0 Å². The quantitative estimate of drug-likeness (QED) is 0.390. The van der Waals surface area contributed by atoms with Crippen LogP contribution in [-0.4, -0.2) is 5.78 Å². The Labute approximate surface area is 156 Å². The number of furan rings is 1. The number of carbonyl (C=O) groups is 1. The second kappa shape index (κ2) is 7.03. The predicted octanol–water partition coefficient (Wildman–Crippen LogP) is 6.50. The highest BCUT2D eigenvalue weighted by molar-refractivity contribution is 6.37. The van der Waals surface area contributed by atoms with Crippen LogP contribution in [0.15, 0.2) is 95.4 Å². The van der Waals surface area contributed by atoms with E-state index >= 15 is 0 Å². The SMILES string of the molecule is O=C(c1ccccc1)c1oc(-c2ccccc2)c(Cl)c1-c1ccccc1. The van der Waals surface area contributed by atoms with Gasteiger partial charge in [0, 0.05) is 11.1 Å². The van der Waals surface area contributed by atoms with Gasteiger partial charge in [0.05, 0.1) is 10.6 Å². The van der Waals surface area contributed by atoms with Gasteiger partial charge in [-0.1, -0.05) is 103 Å². The summed E-state index contributed by atoms with van der Waals surface area (Å²) in [6.07, 6.45) is 0. The average molecular weight is 359 g/mol. The van der Waals surface area contributed by atoms with E-state index in [-0.39, 0.29) is 11.5 Å². The lowest BCUT2D eigenvalue weighted by molar-refractivity contribution is 0.101. The molecule has 0 bridgehead atoms. The van der Waals surface area contributed by atoms with Crippen molar-refractivity contribution in [2.24, 2.45) is 0 Å². The molecule has 4 aromatic rings. The lowest BCUT2D eigenvalue weighted by Crippen LogP contribution is -2.01. The summed E-state index contributed by atoms with van der Waals surface area (Å²) in [5.41, 5.74) is 2.87. The van der Waals surface area contributed by atoms with Crippen molar-refractivity contribution in [3.63, 3.8) is 0 Å². The summed E-state index contributed by atoms with van der Waals surface area (Å²) in [5, 5.41) is 0.446. The first-order valence-corrected chi connectivity index (χ1v) is 8.66. The fraction of sp³-hybridized carbons (Fsp3) is 0. The Kier molecular flexibility index (Phi) is 4.42. The molecule has 0 aliphatic rings. The maximum absolute atomic E-state index is 13.1. The van der Waals surface area contributed by atoms with E-state index in [2.05, 4.69) is 0 Å². The van der Waals surface area contributed by atoms with E-state index in [0.717, 1.165) is 11.1 Å². The summed E-state index contributed by atoms with van der Waals surface area (Å²) in [4.78, 5) is 13.1. The Morgan fingerprint density at radius 3 is 1.77 bits per heavy atom. The van der Waals surface area contributed by atoms with Crippen LogP contribution >= 0.6 is 11.6 Å². The summed E-state index contributed by atoms with van der Waals surface area (Å²) >= 11 is 6.68. The molecule has 1 aromatic heterocycles. The molecule has 0 saturated heterocycles. The highest BCUT2D eigenvalue weighted by atomic mass is 35.5. The van der Waals surface area contributed by atoms with Crippen LogP contribution in [0.25, 0.3) is 22.5 Å². The summed E-state index contributed by atoms with van der Waals surface area (Å²) < 4.78 is 6.02. The number of carbonyl (C=O) groups excluding carboxylic acids is 1. The smallest absolute Gasteiger partial charge is 0.228 e. The van der Waals surface area contributed by atoms with Crippen LogP contribution in [0.3, 0.4) is 0 Å². The van der Waals surface area contributed by atoms with Crippen molar-refractivity contribution in [2.45, 2.75) is 0 Å². The number of hydrogen-bond acceptors (Lipinski definition) is 2. The molecule has 0 fully saturated rings. The number of rotatable bonds is 4. The van der Waals surface area contributed by atoms with Crippen molar-refractivity contribution in [3.05, 3.63) is 107 Å². The number of benzene rings is 3. The van der Waals surface area contributed by atoms with Gasteiger partial charge in [-0.2, -0.15) is 0 Å². The van der Waals surface area contributed by atoms with Crippen molar-refractivity contribution in [1.29, 1.82) is 0 Å². The van der Waals surface area contributed by atoms with Gasteiger partial charge in [0.25, 0.3) is 0 Å². The van der Waals surface area contributed by atoms with E-state index in [4.69, 9.17) is 16.0 Å². The molecule has 4 rings (SSSR count). The normalized spacial score (nSPS) is 10.7. The summed E-state index contributed by atoms with van der Waals surface area (Å²) in [7, 11) is 0. The molecule has 0 radical (unpaired) electrons. The van der Waals surface area contributed by atoms with Gasteiger partial charge in [-0.05, 0) is 5.56 Å². The van der Waals surface area contributed by atoms with Crippen molar-refractivity contribution in [1.82, 2.24) is 0 Å². The molecule has 126 valence electrons. The van der Waals surface area contributed by atoms with Gasteiger partial charge < -0.3 is 4.42 Å². The van der Waals surface area contributed by atoms with Gasteiger partial charge in [-0.25, -0.2) is 0 Å². The zero-order valence-electron chi connectivity index (χ0n) is 13.9. The van der Waals surface area contributed by atoms with E-state index in [0.29, 0.717) is 21.9 Å². The number of hydrogen-bond donors (Lipinski definition) is 0. The molecular formula is C23H15ClO2. The molecule has 3 aromatic carbocycles. The Morgan fingerprint density at radius 1 is 0.692 bits per heavy atom. The first kappa shape index (κ1) is 16.4. The topological polar surface area (TPSA) is 30.2 Å². The molecule has 1 heterocycles. The molecule has 0 atom stereocenters. The highest BCUT2D eigenvalue weighted by Gasteiger charge is 2.26. The van der Waals surface area contributed by atoms with Crippen molar-refractivity contribution in [2.75, 3.05) is 0 Å². The van der Waals surface area contributed by atoms with Crippen LogP contribution in [0.1, 0.15) is 16.1 Å². The second-order valence-corrected chi connectivity index (χ2v) is 6.25. The van der Waals surface area contributed by atoms with E-state index in [1.807, 2.05) is 78.9 Å². The van der Waals surface area contributed by atoms with Crippen LogP contribution < -0.4 is 0 Å². The molecule has 0 aliphatic heterocycles. The van der Waals surface area contributed by atoms with E-state index in [1.165, 1.54) is 0 Å². The van der Waals surface area contributed by atoms with Gasteiger partial charge in [0.15, 0.2) is 11.5 Å². The second-order valence-electron chi connectivity index (χ2n) is 5.88. The lowest BCUT2D eigenvalue weighted by atomic mass is 10.0. The first-order valence-electron chi connectivity index (χ1n) is 8.28. The minimum Gasteiger partial charge on any atom is -0.450 e. The standard InChI is InChI=1S/C23H15ClO2/c24-20-19(16-10-4-1-5-11-16)23(21(25)17-12-6-2-7-13-17)26-22(20)18-14-8-3-9-15-18/h1-15H. The Bertz CT molecular complexity index is 1040. The maximum atomic E-state index is 13.1. The molecule has 3 heteroatoms. The predicted molar refractivity (Wildman–Crippen MR) is 104 cm³/mol. The van der Waals surface area contributed by atoms with E-state index in [1.54, 1.807) is 12.1 Å². The maximum Gasteiger partial charge on any atom is 0.228 e. The van der Waals surface area contributed by atoms with Crippen molar-refractivity contribution >= 4 is 17.4 Å². The van der Waals surface area contributed by atoms with Crippen LogP contribution in [0.2, 0.25) is 5.02 Å². The third kappa shape index (κ3) is 2.96. The zero-order chi connectivity index (χ0) is 17.9. The highest BCUT2D eigenvalue weighted by Crippen LogP contribution is 2.42. The molecule has 0 spiro atoms. The van der Waals surface area contributed by atoms with Gasteiger partial charge in [0.1, 0.15) is 0 Å². The average Bonchev–Trinajstić information content (AvgIpc) is 3.06. The lowest BCUT2D eigenvalue weighted by Gasteiger charge is -2.03. The number of halogens is 1. The molecule has 26 heavy (non-hydrogen) atoms. The van der Waals surface area contributed by atoms with Crippen LogP contribution in [0.4, 0.5) is 0 Å². The molecule has 0 amide bonds. The molecule has 2 nitrogen and oxygen atoms in total. The fourth-order valence-electron chi connectivity index (χ4n) is 2.93. The van der Waals surface area contributed by atoms with Crippen LogP contribution in [0.5, 0.6) is 0 Å². The van der Waals surface area contributed by atoms with Gasteiger partial charge in [0.2, 0.25) is 5.78 Å². The molecule has 0 aliphatic carbocycles. The third-order valence-corrected chi connectivity index (χ3v) is 4.55. The van der Waals surface area contributed by atoms with Gasteiger partial charge in [-0.15, -0.1) is 0 Å². The Hall–Kier alpha value is -3.10. The van der Waals surface area contributed by atoms with E-state index in [9.17, 15) is 4.79 Å². The number of ketones is 1. The third-order valence-electron chi connectivity index (χ3n) is 4.19. The van der Waals surface area contributed by atoms with Gasteiger partial charge in [-0.3, -0.25) is 4.79 Å². The Morgan fingerprint density at radius 2 is 1.19 bits per heavy atom. The summed E-state index contributed by atoms with van der Waals surface area (Å²) in [6, 6.07) is 28.3.